The molecule has 3 rings (SSSR count). The van der Waals surface area contributed by atoms with Crippen molar-refractivity contribution in [2.24, 2.45) is 5.92 Å². The van der Waals surface area contributed by atoms with Crippen molar-refractivity contribution >= 4 is 10.0 Å². The Bertz CT molecular complexity index is 602. The Morgan fingerprint density at radius 1 is 1.24 bits per heavy atom. The molecule has 0 amide bonds. The molecule has 1 aromatic heterocycles. The van der Waals surface area contributed by atoms with E-state index in [1.54, 1.807) is 12.3 Å². The molecule has 2 aliphatic rings. The van der Waals surface area contributed by atoms with Gasteiger partial charge in [-0.05, 0) is 57.1 Å². The van der Waals surface area contributed by atoms with Gasteiger partial charge in [-0.25, -0.2) is 18.1 Å². The van der Waals surface area contributed by atoms with Gasteiger partial charge in [0, 0.05) is 24.3 Å². The van der Waals surface area contributed by atoms with Gasteiger partial charge in [0.1, 0.15) is 0 Å². The maximum Gasteiger partial charge on any atom is 0.258 e. The Hall–Kier alpha value is -0.980. The molecule has 2 N–H and O–H groups in total. The molecule has 0 spiro atoms. The highest BCUT2D eigenvalue weighted by molar-refractivity contribution is 7.89. The number of nitrogens with one attached hydrogen (secondary N) is 2. The van der Waals surface area contributed by atoms with Crippen molar-refractivity contribution in [3.05, 3.63) is 23.9 Å². The second-order valence-electron chi connectivity index (χ2n) is 6.76. The highest BCUT2D eigenvalue weighted by Gasteiger charge is 2.40. The zero-order valence-electron chi connectivity index (χ0n) is 12.6. The number of nitrogens with zero attached hydrogens (tertiary/aromatic N) is 1. The molecule has 0 unspecified atom stereocenters. The molecule has 5 nitrogen and oxygen atoms in total. The van der Waals surface area contributed by atoms with Crippen LogP contribution in [0.4, 0.5) is 0 Å². The molecule has 0 atom stereocenters. The second kappa shape index (κ2) is 5.34. The minimum atomic E-state index is -3.54. The number of hydrogen-bond donors (Lipinski definition) is 2. The predicted molar refractivity (Wildman–Crippen MR) is 81.2 cm³/mol. The summed E-state index contributed by atoms with van der Waals surface area (Å²) in [7, 11) is -3.54. The molecule has 0 aromatic carbocycles. The third-order valence-corrected chi connectivity index (χ3v) is 5.83. The molecule has 21 heavy (non-hydrogen) atoms. The Balaban J connectivity index is 1.66. The van der Waals surface area contributed by atoms with Gasteiger partial charge in [0.25, 0.3) is 10.0 Å². The van der Waals surface area contributed by atoms with Crippen LogP contribution >= 0.6 is 0 Å². The lowest BCUT2D eigenvalue weighted by molar-refractivity contribution is 0.400. The van der Waals surface area contributed by atoms with Crippen LogP contribution in [0.3, 0.4) is 0 Å². The minimum absolute atomic E-state index is 0.103. The summed E-state index contributed by atoms with van der Waals surface area (Å²) in [5.74, 6) is 0.439. The van der Waals surface area contributed by atoms with Crippen LogP contribution in [-0.4, -0.2) is 25.0 Å². The van der Waals surface area contributed by atoms with Crippen LogP contribution < -0.4 is 10.0 Å². The molecule has 0 bridgehead atoms. The molecule has 2 aliphatic carbocycles. The Kier molecular flexibility index (Phi) is 3.80. The normalized spacial score (nSPS) is 19.7. The van der Waals surface area contributed by atoms with Crippen LogP contribution in [-0.2, 0) is 16.6 Å². The lowest BCUT2D eigenvalue weighted by Crippen LogP contribution is -2.45. The van der Waals surface area contributed by atoms with Crippen molar-refractivity contribution in [2.75, 3.05) is 0 Å². The largest absolute Gasteiger partial charge is 0.310 e. The molecule has 1 aromatic rings. The maximum absolute atomic E-state index is 12.4. The summed E-state index contributed by atoms with van der Waals surface area (Å²) in [5.41, 5.74) is 0.620. The van der Waals surface area contributed by atoms with E-state index < -0.39 is 15.6 Å². The number of aromatic nitrogens is 1. The van der Waals surface area contributed by atoms with E-state index >= 15 is 0 Å². The van der Waals surface area contributed by atoms with Crippen LogP contribution in [0.25, 0.3) is 0 Å². The maximum atomic E-state index is 12.4. The van der Waals surface area contributed by atoms with Crippen molar-refractivity contribution in [3.8, 4) is 0 Å². The summed E-state index contributed by atoms with van der Waals surface area (Å²) in [6, 6.07) is 4.06. The first-order valence-corrected chi connectivity index (χ1v) is 9.07. The number of rotatable bonds is 7. The lowest BCUT2D eigenvalue weighted by atomic mass is 10.0. The van der Waals surface area contributed by atoms with Crippen molar-refractivity contribution in [1.29, 1.82) is 0 Å². The second-order valence-corrected chi connectivity index (χ2v) is 8.39. The van der Waals surface area contributed by atoms with Crippen LogP contribution in [0, 0.1) is 5.92 Å². The topological polar surface area (TPSA) is 71.1 Å². The molecule has 0 aliphatic heterocycles. The summed E-state index contributed by atoms with van der Waals surface area (Å²) >= 11 is 0. The van der Waals surface area contributed by atoms with E-state index in [-0.39, 0.29) is 5.03 Å². The first-order valence-electron chi connectivity index (χ1n) is 7.59. The molecular formula is C15H23N3O2S. The molecule has 2 fully saturated rings. The van der Waals surface area contributed by atoms with E-state index in [4.69, 9.17) is 0 Å². The highest BCUT2D eigenvalue weighted by Crippen LogP contribution is 2.39. The van der Waals surface area contributed by atoms with E-state index in [9.17, 15) is 8.42 Å². The highest BCUT2D eigenvalue weighted by atomic mass is 32.2. The van der Waals surface area contributed by atoms with Gasteiger partial charge in [-0.2, -0.15) is 0 Å². The fraction of sp³-hybridized carbons (Fsp3) is 0.667. The van der Waals surface area contributed by atoms with Crippen molar-refractivity contribution < 1.29 is 8.42 Å². The van der Waals surface area contributed by atoms with Gasteiger partial charge < -0.3 is 5.32 Å². The van der Waals surface area contributed by atoms with E-state index in [1.807, 2.05) is 19.9 Å². The smallest absolute Gasteiger partial charge is 0.258 e. The average Bonchev–Trinajstić information content (AvgIpc) is 3.28. The van der Waals surface area contributed by atoms with Gasteiger partial charge in [-0.3, -0.25) is 0 Å². The predicted octanol–water partition coefficient (Wildman–Crippen LogP) is 1.80. The fourth-order valence-corrected chi connectivity index (χ4v) is 3.91. The number of sulfonamides is 1. The van der Waals surface area contributed by atoms with Crippen LogP contribution in [0.1, 0.15) is 45.1 Å². The van der Waals surface area contributed by atoms with E-state index in [0.717, 1.165) is 24.9 Å². The van der Waals surface area contributed by atoms with Crippen molar-refractivity contribution in [1.82, 2.24) is 15.0 Å². The molecule has 116 valence electrons. The van der Waals surface area contributed by atoms with E-state index in [2.05, 4.69) is 15.0 Å². The monoisotopic (exact) mass is 309 g/mol. The third kappa shape index (κ3) is 3.81. The van der Waals surface area contributed by atoms with Gasteiger partial charge in [0.15, 0.2) is 5.03 Å². The van der Waals surface area contributed by atoms with Gasteiger partial charge >= 0.3 is 0 Å². The summed E-state index contributed by atoms with van der Waals surface area (Å²) in [6.45, 7) is 4.63. The molecular weight excluding hydrogens is 286 g/mol. The van der Waals surface area contributed by atoms with Crippen molar-refractivity contribution in [3.63, 3.8) is 0 Å². The SMILES string of the molecule is CC(C)(NS(=O)(=O)c1ccc(CNC2CC2)cn1)C1CC1. The Labute approximate surface area is 126 Å². The van der Waals surface area contributed by atoms with Crippen LogP contribution in [0.2, 0.25) is 0 Å². The molecule has 0 saturated heterocycles. The third-order valence-electron chi connectivity index (χ3n) is 4.24. The molecule has 0 radical (unpaired) electrons. The lowest BCUT2D eigenvalue weighted by Gasteiger charge is -2.25. The number of pyridine rings is 1. The van der Waals surface area contributed by atoms with E-state index in [1.165, 1.54) is 12.8 Å². The van der Waals surface area contributed by atoms with Gasteiger partial charge in [-0.15, -0.1) is 0 Å². The number of hydrogen-bond acceptors (Lipinski definition) is 4. The van der Waals surface area contributed by atoms with Gasteiger partial charge in [0.2, 0.25) is 0 Å². The Morgan fingerprint density at radius 2 is 1.95 bits per heavy atom. The Morgan fingerprint density at radius 3 is 2.48 bits per heavy atom. The standard InChI is InChI=1S/C15H23N3O2S/c1-15(2,12-4-5-12)18-21(19,20)14-8-3-11(10-17-14)9-16-13-6-7-13/h3,8,10,12-13,16,18H,4-7,9H2,1-2H3. The quantitative estimate of drug-likeness (QED) is 0.806. The minimum Gasteiger partial charge on any atom is -0.310 e. The zero-order chi connectivity index (χ0) is 15.1. The van der Waals surface area contributed by atoms with Gasteiger partial charge in [-0.1, -0.05) is 6.07 Å². The summed E-state index contributed by atoms with van der Waals surface area (Å²) in [5, 5.41) is 3.49. The summed E-state index contributed by atoms with van der Waals surface area (Å²) in [6.07, 6.45) is 6.30. The summed E-state index contributed by atoms with van der Waals surface area (Å²) < 4.78 is 27.5. The average molecular weight is 309 g/mol. The first kappa shape index (κ1) is 14.9. The molecule has 1 heterocycles. The first-order chi connectivity index (χ1) is 9.87. The van der Waals surface area contributed by atoms with Crippen molar-refractivity contribution in [2.45, 2.75) is 62.7 Å². The van der Waals surface area contributed by atoms with Crippen LogP contribution in [0.5, 0.6) is 0 Å². The summed E-state index contributed by atoms with van der Waals surface area (Å²) in [4.78, 5) is 4.12. The van der Waals surface area contributed by atoms with Gasteiger partial charge in [0.05, 0.1) is 0 Å². The zero-order valence-corrected chi connectivity index (χ0v) is 13.4. The molecule has 6 heteroatoms. The van der Waals surface area contributed by atoms with Crippen LogP contribution in [0.15, 0.2) is 23.4 Å². The molecule has 2 saturated carbocycles. The van der Waals surface area contributed by atoms with E-state index in [0.29, 0.717) is 12.0 Å². The fourth-order valence-electron chi connectivity index (χ4n) is 2.51.